The van der Waals surface area contributed by atoms with Crippen molar-refractivity contribution in [3.05, 3.63) is 46.2 Å². The summed E-state index contributed by atoms with van der Waals surface area (Å²) >= 11 is 15.5. The topological polar surface area (TPSA) is 153 Å². The van der Waals surface area contributed by atoms with Crippen LogP contribution in [0.15, 0.2) is 24.5 Å². The van der Waals surface area contributed by atoms with Gasteiger partial charge in [0, 0.05) is 102 Å². The number of carbonyl (C=O) groups is 1. The standard InChI is InChI=1S/C18H20ClN5O2S.C14H11ClN4O2S.C4H9NO.ClH/c1-25-12-9-23(10-12)8-11-6-13-14-15(27-17(13)20-7-11)16(22-18(19)21-14)24-2-4-26-5-3-24;15-14-17-10-9-5-8(7-20)6-16-13(9)22-11(10)12(18-14)19-1-3-21-4-2-19;1-6-4-2-5-3-4;/h6-7,12H,2-5,8-10H2,1H3;5-7H,1-4H2;4-5H,2-3H2,1H3;1H. The second-order valence-corrected chi connectivity index (χ2v) is 16.1. The molecule has 4 saturated heterocycles. The lowest BCUT2D eigenvalue weighted by molar-refractivity contribution is -0.0334. The molecule has 0 saturated carbocycles. The van der Waals surface area contributed by atoms with Crippen molar-refractivity contribution in [1.82, 2.24) is 40.1 Å². The lowest BCUT2D eigenvalue weighted by Crippen LogP contribution is -2.50. The van der Waals surface area contributed by atoms with Gasteiger partial charge in [0.05, 0.1) is 59.1 Å². The zero-order chi connectivity index (χ0) is 37.9. The van der Waals surface area contributed by atoms with Gasteiger partial charge in [0.2, 0.25) is 10.6 Å². The second-order valence-electron chi connectivity index (χ2n) is 13.4. The number of morpholine rings is 2. The number of nitrogens with zero attached hydrogens (tertiary/aromatic N) is 9. The average molecular weight is 864 g/mol. The first-order valence-electron chi connectivity index (χ1n) is 18.0. The fourth-order valence-corrected chi connectivity index (χ4v) is 9.15. The summed E-state index contributed by atoms with van der Waals surface area (Å²) in [5, 5.41) is 5.45. The molecule has 0 aliphatic carbocycles. The van der Waals surface area contributed by atoms with E-state index in [0.717, 1.165) is 118 Å². The van der Waals surface area contributed by atoms with Crippen LogP contribution >= 0.6 is 58.3 Å². The van der Waals surface area contributed by atoms with E-state index in [1.807, 2.05) is 6.20 Å². The van der Waals surface area contributed by atoms with Gasteiger partial charge in [-0.2, -0.15) is 9.97 Å². The van der Waals surface area contributed by atoms with E-state index >= 15 is 0 Å². The predicted octanol–water partition coefficient (Wildman–Crippen LogP) is 5.13. The summed E-state index contributed by atoms with van der Waals surface area (Å²) in [5.74, 6) is 1.71. The smallest absolute Gasteiger partial charge is 0.224 e. The quantitative estimate of drug-likeness (QED) is 0.167. The molecule has 20 heteroatoms. The van der Waals surface area contributed by atoms with Crippen molar-refractivity contribution in [2.45, 2.75) is 18.8 Å². The predicted molar refractivity (Wildman–Crippen MR) is 224 cm³/mol. The number of hydrogen-bond donors (Lipinski definition) is 1. The van der Waals surface area contributed by atoms with Crippen LogP contribution in [0.1, 0.15) is 15.9 Å². The summed E-state index contributed by atoms with van der Waals surface area (Å²) in [4.78, 5) is 46.3. The van der Waals surface area contributed by atoms with Gasteiger partial charge in [-0.25, -0.2) is 19.9 Å². The van der Waals surface area contributed by atoms with Gasteiger partial charge in [-0.1, -0.05) is 0 Å². The lowest BCUT2D eigenvalue weighted by Gasteiger charge is -2.38. The number of aldehydes is 1. The van der Waals surface area contributed by atoms with Gasteiger partial charge in [-0.15, -0.1) is 35.1 Å². The number of methoxy groups -OCH3 is 2. The maximum absolute atomic E-state index is 11.0. The van der Waals surface area contributed by atoms with E-state index < -0.39 is 0 Å². The molecule has 1 N–H and O–H groups in total. The van der Waals surface area contributed by atoms with Crippen molar-refractivity contribution in [2.24, 2.45) is 0 Å². The Morgan fingerprint density at radius 1 is 0.786 bits per heavy atom. The van der Waals surface area contributed by atoms with Gasteiger partial charge in [0.1, 0.15) is 9.66 Å². The number of nitrogens with one attached hydrogen (secondary N) is 1. The summed E-state index contributed by atoms with van der Waals surface area (Å²) in [6.07, 6.45) is 5.16. The molecule has 298 valence electrons. The van der Waals surface area contributed by atoms with Crippen molar-refractivity contribution in [2.75, 3.05) is 103 Å². The van der Waals surface area contributed by atoms with Crippen LogP contribution in [0.3, 0.4) is 0 Å². The van der Waals surface area contributed by atoms with Crippen molar-refractivity contribution in [3.8, 4) is 0 Å². The highest BCUT2D eigenvalue weighted by molar-refractivity contribution is 7.26. The number of pyridine rings is 2. The van der Waals surface area contributed by atoms with Crippen LogP contribution in [0.25, 0.3) is 40.9 Å². The van der Waals surface area contributed by atoms with Crippen molar-refractivity contribution in [1.29, 1.82) is 0 Å². The normalized spacial score (nSPS) is 17.9. The van der Waals surface area contributed by atoms with E-state index in [-0.39, 0.29) is 23.0 Å². The number of likely N-dealkylation sites (tertiary alicyclic amines) is 1. The van der Waals surface area contributed by atoms with Crippen molar-refractivity contribution < 1.29 is 23.7 Å². The highest BCUT2D eigenvalue weighted by Crippen LogP contribution is 2.39. The molecule has 15 nitrogen and oxygen atoms in total. The first kappa shape index (κ1) is 41.0. The number of rotatable bonds is 7. The van der Waals surface area contributed by atoms with Crippen LogP contribution < -0.4 is 15.1 Å². The highest BCUT2D eigenvalue weighted by atomic mass is 35.5. The van der Waals surface area contributed by atoms with E-state index in [0.29, 0.717) is 44.2 Å². The fourth-order valence-electron chi connectivity index (χ4n) is 6.65. The van der Waals surface area contributed by atoms with Crippen LogP contribution in [-0.4, -0.2) is 146 Å². The number of aromatic nitrogens is 6. The fraction of sp³-hybridized carbons (Fsp3) is 0.472. The van der Waals surface area contributed by atoms with E-state index in [1.165, 1.54) is 16.9 Å². The molecule has 0 unspecified atom stereocenters. The molecule has 6 aromatic rings. The Hall–Kier alpha value is -3.20. The molecule has 0 radical (unpaired) electrons. The third-order valence-corrected chi connectivity index (χ3v) is 12.4. The molecular weight excluding hydrogens is 823 g/mol. The Kier molecular flexibility index (Phi) is 13.6. The van der Waals surface area contributed by atoms with Crippen LogP contribution in [0.5, 0.6) is 0 Å². The molecule has 0 spiro atoms. The van der Waals surface area contributed by atoms with Crippen LogP contribution in [-0.2, 0) is 25.5 Å². The molecule has 0 bridgehead atoms. The Morgan fingerprint density at radius 3 is 1.77 bits per heavy atom. The van der Waals surface area contributed by atoms with Gasteiger partial charge in [0.15, 0.2) is 17.9 Å². The average Bonchev–Trinajstić information content (AvgIpc) is 3.73. The van der Waals surface area contributed by atoms with E-state index in [9.17, 15) is 4.79 Å². The third-order valence-electron chi connectivity index (χ3n) is 9.83. The van der Waals surface area contributed by atoms with Crippen molar-refractivity contribution in [3.63, 3.8) is 0 Å². The Morgan fingerprint density at radius 2 is 1.30 bits per heavy atom. The zero-order valence-electron chi connectivity index (χ0n) is 30.8. The molecule has 4 aliphatic rings. The molecule has 0 amide bonds. The molecule has 4 fully saturated rings. The Balaban J connectivity index is 0.000000149. The zero-order valence-corrected chi connectivity index (χ0v) is 34.7. The van der Waals surface area contributed by atoms with Gasteiger partial charge >= 0.3 is 0 Å². The molecule has 56 heavy (non-hydrogen) atoms. The maximum Gasteiger partial charge on any atom is 0.224 e. The third kappa shape index (κ3) is 8.93. The first-order valence-corrected chi connectivity index (χ1v) is 20.4. The van der Waals surface area contributed by atoms with Crippen LogP contribution in [0.2, 0.25) is 10.6 Å². The SMILES string of the molecule is COC1CN(Cc2cnc3sc4c(N5CCOCC5)nc(Cl)nc4c3c2)C1.COC1CNC1.Cl.O=Cc1cnc2sc3c(N4CCOCC4)nc(Cl)nc3c2c1. The Bertz CT molecular complexity index is 2290. The van der Waals surface area contributed by atoms with Crippen molar-refractivity contribution >= 4 is 117 Å². The van der Waals surface area contributed by atoms with Gasteiger partial charge < -0.3 is 34.1 Å². The number of hydrogen-bond acceptors (Lipinski definition) is 17. The van der Waals surface area contributed by atoms with Crippen LogP contribution in [0.4, 0.5) is 11.6 Å². The van der Waals surface area contributed by atoms with Crippen LogP contribution in [0, 0.1) is 0 Å². The minimum absolute atomic E-state index is 0. The molecular formula is C36H41Cl3N10O5S2. The number of ether oxygens (including phenoxy) is 4. The number of fused-ring (bicyclic) bond motifs is 6. The number of anilines is 2. The number of halogens is 3. The summed E-state index contributed by atoms with van der Waals surface area (Å²) in [7, 11) is 3.51. The summed E-state index contributed by atoms with van der Waals surface area (Å²) in [6.45, 7) is 10.8. The second kappa shape index (κ2) is 18.6. The van der Waals surface area contributed by atoms with Gasteiger partial charge in [0.25, 0.3) is 0 Å². The number of carbonyl (C=O) groups excluding carboxylic acids is 1. The molecule has 4 aliphatic heterocycles. The Labute approximate surface area is 347 Å². The summed E-state index contributed by atoms with van der Waals surface area (Å²) in [6, 6.07) is 3.98. The minimum Gasteiger partial charge on any atom is -0.379 e. The number of thiophene rings is 2. The first-order chi connectivity index (χ1) is 26.9. The molecule has 0 atom stereocenters. The van der Waals surface area contributed by atoms with E-state index in [1.54, 1.807) is 37.8 Å². The largest absolute Gasteiger partial charge is 0.379 e. The summed E-state index contributed by atoms with van der Waals surface area (Å²) in [5.41, 5.74) is 3.34. The highest BCUT2D eigenvalue weighted by Gasteiger charge is 2.27. The van der Waals surface area contributed by atoms with Gasteiger partial charge in [-0.05, 0) is 40.9 Å². The lowest BCUT2D eigenvalue weighted by atomic mass is 10.1. The van der Waals surface area contributed by atoms with Gasteiger partial charge in [-0.3, -0.25) is 9.69 Å². The molecule has 10 heterocycles. The minimum atomic E-state index is 0. The van der Waals surface area contributed by atoms with E-state index in [2.05, 4.69) is 51.0 Å². The summed E-state index contributed by atoms with van der Waals surface area (Å²) < 4.78 is 23.1. The molecule has 6 aromatic heterocycles. The molecule has 10 rings (SSSR count). The molecule has 0 aromatic carbocycles. The maximum atomic E-state index is 11.0. The van der Waals surface area contributed by atoms with E-state index in [4.69, 9.17) is 47.1 Å². The monoisotopic (exact) mass is 862 g/mol.